The van der Waals surface area contributed by atoms with Gasteiger partial charge in [0.1, 0.15) is 0 Å². The standard InChI is InChI=1S/C25H19NO5S/c27-22(14-32-15-9-10-20-21(13-15)31-12-4-11-30-20)26-19-8-3-7-18-23(19)25(29)17-6-2-1-5-16(17)24(18)28/h1-3,5-10,13H,4,11-12,14H2,(H,26,27). The number of fused-ring (bicyclic) bond motifs is 3. The Bertz CT molecular complexity index is 1250. The van der Waals surface area contributed by atoms with E-state index < -0.39 is 0 Å². The Kier molecular flexibility index (Phi) is 5.41. The minimum absolute atomic E-state index is 0.141. The molecule has 160 valence electrons. The highest BCUT2D eigenvalue weighted by molar-refractivity contribution is 8.00. The minimum Gasteiger partial charge on any atom is -0.490 e. The van der Waals surface area contributed by atoms with Gasteiger partial charge in [-0.05, 0) is 24.3 Å². The van der Waals surface area contributed by atoms with Crippen molar-refractivity contribution in [3.05, 3.63) is 82.9 Å². The fraction of sp³-hybridized carbons (Fsp3) is 0.160. The number of ether oxygens (including phenoxy) is 2. The van der Waals surface area contributed by atoms with Gasteiger partial charge in [-0.25, -0.2) is 0 Å². The van der Waals surface area contributed by atoms with E-state index in [2.05, 4.69) is 5.32 Å². The van der Waals surface area contributed by atoms with Crippen molar-refractivity contribution in [2.75, 3.05) is 24.3 Å². The van der Waals surface area contributed by atoms with E-state index in [1.807, 2.05) is 18.2 Å². The summed E-state index contributed by atoms with van der Waals surface area (Å²) in [5.41, 5.74) is 1.64. The van der Waals surface area contributed by atoms with E-state index in [1.54, 1.807) is 42.5 Å². The largest absolute Gasteiger partial charge is 0.490 e. The third kappa shape index (κ3) is 3.76. The molecule has 1 aliphatic heterocycles. The number of benzene rings is 3. The maximum Gasteiger partial charge on any atom is 0.234 e. The molecule has 0 saturated heterocycles. The van der Waals surface area contributed by atoms with E-state index >= 15 is 0 Å². The van der Waals surface area contributed by atoms with E-state index in [0.717, 1.165) is 11.3 Å². The van der Waals surface area contributed by atoms with Crippen molar-refractivity contribution >= 4 is 34.9 Å². The van der Waals surface area contributed by atoms with Gasteiger partial charge < -0.3 is 14.8 Å². The van der Waals surface area contributed by atoms with Crippen molar-refractivity contribution in [2.24, 2.45) is 0 Å². The Hall–Kier alpha value is -3.58. The lowest BCUT2D eigenvalue weighted by Crippen LogP contribution is -2.24. The normalized spacial score (nSPS) is 14.2. The molecule has 1 N–H and O–H groups in total. The molecule has 3 aromatic rings. The van der Waals surface area contributed by atoms with Crippen LogP contribution < -0.4 is 14.8 Å². The Morgan fingerprint density at radius 2 is 1.56 bits per heavy atom. The lowest BCUT2D eigenvalue weighted by atomic mass is 9.83. The molecule has 1 amide bonds. The summed E-state index contributed by atoms with van der Waals surface area (Å²) in [5, 5.41) is 2.81. The van der Waals surface area contributed by atoms with Gasteiger partial charge in [-0.1, -0.05) is 36.4 Å². The monoisotopic (exact) mass is 445 g/mol. The Balaban J connectivity index is 1.32. The number of nitrogens with one attached hydrogen (secondary N) is 1. The van der Waals surface area contributed by atoms with Crippen LogP contribution in [0.1, 0.15) is 38.3 Å². The summed E-state index contributed by atoms with van der Waals surface area (Å²) >= 11 is 1.36. The number of rotatable bonds is 4. The Morgan fingerprint density at radius 3 is 2.38 bits per heavy atom. The van der Waals surface area contributed by atoms with Gasteiger partial charge in [0.2, 0.25) is 5.91 Å². The highest BCUT2D eigenvalue weighted by Crippen LogP contribution is 2.35. The molecule has 0 atom stereocenters. The van der Waals surface area contributed by atoms with Crippen LogP contribution in [0.2, 0.25) is 0 Å². The average Bonchev–Trinajstić information content (AvgIpc) is 3.06. The molecule has 0 aromatic heterocycles. The van der Waals surface area contributed by atoms with Crippen LogP contribution in [0.3, 0.4) is 0 Å². The third-order valence-corrected chi connectivity index (χ3v) is 6.31. The van der Waals surface area contributed by atoms with E-state index in [4.69, 9.17) is 9.47 Å². The van der Waals surface area contributed by atoms with Crippen LogP contribution in [0.25, 0.3) is 0 Å². The molecule has 3 aromatic carbocycles. The first-order valence-corrected chi connectivity index (χ1v) is 11.2. The van der Waals surface area contributed by atoms with Crippen molar-refractivity contribution in [3.8, 4) is 11.5 Å². The molecule has 2 aliphatic rings. The van der Waals surface area contributed by atoms with E-state index in [0.29, 0.717) is 47.1 Å². The van der Waals surface area contributed by atoms with Gasteiger partial charge >= 0.3 is 0 Å². The molecule has 0 fully saturated rings. The maximum atomic E-state index is 13.1. The lowest BCUT2D eigenvalue weighted by molar-refractivity contribution is -0.113. The summed E-state index contributed by atoms with van der Waals surface area (Å²) in [5.74, 6) is 0.773. The first-order valence-electron chi connectivity index (χ1n) is 10.3. The Morgan fingerprint density at radius 1 is 0.844 bits per heavy atom. The number of hydrogen-bond acceptors (Lipinski definition) is 6. The van der Waals surface area contributed by atoms with Gasteiger partial charge in [0, 0.05) is 28.0 Å². The van der Waals surface area contributed by atoms with Gasteiger partial charge in [-0.3, -0.25) is 14.4 Å². The highest BCUT2D eigenvalue weighted by Gasteiger charge is 2.31. The van der Waals surface area contributed by atoms with Crippen LogP contribution in [-0.4, -0.2) is 36.4 Å². The van der Waals surface area contributed by atoms with E-state index in [1.165, 1.54) is 11.8 Å². The first-order chi connectivity index (χ1) is 15.6. The quantitative estimate of drug-likeness (QED) is 0.470. The first kappa shape index (κ1) is 20.3. The Labute approximate surface area is 188 Å². The molecule has 0 unspecified atom stereocenters. The average molecular weight is 445 g/mol. The second kappa shape index (κ2) is 8.51. The van der Waals surface area contributed by atoms with Crippen LogP contribution in [0.4, 0.5) is 5.69 Å². The molecule has 1 aliphatic carbocycles. The van der Waals surface area contributed by atoms with E-state index in [9.17, 15) is 14.4 Å². The maximum absolute atomic E-state index is 13.1. The summed E-state index contributed by atoms with van der Waals surface area (Å²) in [4.78, 5) is 39.5. The summed E-state index contributed by atoms with van der Waals surface area (Å²) in [6.45, 7) is 1.21. The molecule has 32 heavy (non-hydrogen) atoms. The summed E-state index contributed by atoms with van der Waals surface area (Å²) in [6, 6.07) is 17.3. The van der Waals surface area contributed by atoms with Crippen LogP contribution in [0.15, 0.2) is 65.6 Å². The van der Waals surface area contributed by atoms with Gasteiger partial charge in [-0.15, -0.1) is 11.8 Å². The molecule has 0 bridgehead atoms. The fourth-order valence-electron chi connectivity index (χ4n) is 3.82. The molecule has 7 heteroatoms. The van der Waals surface area contributed by atoms with Crippen molar-refractivity contribution in [3.63, 3.8) is 0 Å². The summed E-state index contributed by atoms with van der Waals surface area (Å²) < 4.78 is 11.3. The number of carbonyl (C=O) groups is 3. The number of hydrogen-bond donors (Lipinski definition) is 1. The predicted molar refractivity (Wildman–Crippen MR) is 121 cm³/mol. The van der Waals surface area contributed by atoms with Crippen LogP contribution in [0.5, 0.6) is 11.5 Å². The van der Waals surface area contributed by atoms with Gasteiger partial charge in [-0.2, -0.15) is 0 Å². The lowest BCUT2D eigenvalue weighted by Gasteiger charge is -2.20. The minimum atomic E-state index is -0.269. The highest BCUT2D eigenvalue weighted by atomic mass is 32.2. The molecule has 0 saturated carbocycles. The molecule has 0 spiro atoms. The number of ketones is 2. The third-order valence-electron chi connectivity index (χ3n) is 5.32. The number of anilines is 1. The predicted octanol–water partition coefficient (Wildman–Crippen LogP) is 4.35. The summed E-state index contributed by atoms with van der Waals surface area (Å²) in [7, 11) is 0. The fourth-order valence-corrected chi connectivity index (χ4v) is 4.54. The molecule has 1 heterocycles. The molecule has 5 rings (SSSR count). The van der Waals surface area contributed by atoms with Gasteiger partial charge in [0.15, 0.2) is 23.1 Å². The second-order valence-electron chi connectivity index (χ2n) is 7.43. The smallest absolute Gasteiger partial charge is 0.234 e. The van der Waals surface area contributed by atoms with Crippen LogP contribution in [0, 0.1) is 0 Å². The summed E-state index contributed by atoms with van der Waals surface area (Å²) in [6.07, 6.45) is 0.826. The van der Waals surface area contributed by atoms with Crippen molar-refractivity contribution in [1.82, 2.24) is 0 Å². The second-order valence-corrected chi connectivity index (χ2v) is 8.48. The van der Waals surface area contributed by atoms with Crippen molar-refractivity contribution in [1.29, 1.82) is 0 Å². The number of thioether (sulfide) groups is 1. The zero-order valence-corrected chi connectivity index (χ0v) is 17.9. The van der Waals surface area contributed by atoms with Gasteiger partial charge in [0.25, 0.3) is 0 Å². The SMILES string of the molecule is O=C(CSc1ccc2c(c1)OCCCO2)Nc1cccc2c1C(=O)c1ccccc1C2=O. The van der Waals surface area contributed by atoms with E-state index in [-0.39, 0.29) is 28.8 Å². The molecule has 0 radical (unpaired) electrons. The zero-order valence-electron chi connectivity index (χ0n) is 17.1. The topological polar surface area (TPSA) is 81.7 Å². The number of amides is 1. The van der Waals surface area contributed by atoms with Crippen molar-refractivity contribution in [2.45, 2.75) is 11.3 Å². The number of carbonyl (C=O) groups excluding carboxylic acids is 3. The van der Waals surface area contributed by atoms with Crippen LogP contribution >= 0.6 is 11.8 Å². The zero-order chi connectivity index (χ0) is 22.1. The van der Waals surface area contributed by atoms with Crippen LogP contribution in [-0.2, 0) is 4.79 Å². The molecular weight excluding hydrogens is 426 g/mol. The van der Waals surface area contributed by atoms with Crippen molar-refractivity contribution < 1.29 is 23.9 Å². The van der Waals surface area contributed by atoms with Gasteiger partial charge in [0.05, 0.1) is 30.2 Å². The molecular formula is C25H19NO5S. The molecule has 6 nitrogen and oxygen atoms in total.